The molecule has 1 fully saturated rings. The molecule has 0 radical (unpaired) electrons. The predicted octanol–water partition coefficient (Wildman–Crippen LogP) is 2.22. The van der Waals surface area contributed by atoms with Gasteiger partial charge in [-0.2, -0.15) is 0 Å². The summed E-state index contributed by atoms with van der Waals surface area (Å²) in [4.78, 5) is 2.11. The van der Waals surface area contributed by atoms with E-state index in [1.54, 1.807) is 0 Å². The van der Waals surface area contributed by atoms with Crippen LogP contribution < -0.4 is 5.73 Å². The van der Waals surface area contributed by atoms with Crippen LogP contribution in [0, 0.1) is 24.5 Å². The van der Waals surface area contributed by atoms with Crippen LogP contribution in [0.1, 0.15) is 23.6 Å². The second-order valence-corrected chi connectivity index (χ2v) is 4.90. The highest BCUT2D eigenvalue weighted by molar-refractivity contribution is 5.28. The van der Waals surface area contributed by atoms with Crippen LogP contribution in [0.15, 0.2) is 12.1 Å². The van der Waals surface area contributed by atoms with Crippen LogP contribution in [-0.2, 0) is 0 Å². The number of nitrogens with two attached hydrogens (primary N) is 1. The molecule has 2 rings (SSSR count). The number of halogens is 2. The van der Waals surface area contributed by atoms with Gasteiger partial charge in [0.1, 0.15) is 11.6 Å². The Hall–Kier alpha value is -1.00. The fourth-order valence-electron chi connectivity index (χ4n) is 2.52. The van der Waals surface area contributed by atoms with E-state index in [-0.39, 0.29) is 11.6 Å². The lowest BCUT2D eigenvalue weighted by Gasteiger charge is -2.20. The SMILES string of the molecule is Cc1c(F)cc(C2CC(CN)CN2C)cc1F. The number of nitrogens with zero attached hydrogens (tertiary/aromatic N) is 1. The first-order valence-electron chi connectivity index (χ1n) is 5.88. The van der Waals surface area contributed by atoms with E-state index in [1.165, 1.54) is 19.1 Å². The predicted molar refractivity (Wildman–Crippen MR) is 63.6 cm³/mol. The topological polar surface area (TPSA) is 29.3 Å². The molecule has 2 atom stereocenters. The summed E-state index contributed by atoms with van der Waals surface area (Å²) in [5, 5.41) is 0. The van der Waals surface area contributed by atoms with Gasteiger partial charge in [0.15, 0.2) is 0 Å². The number of hydrogen-bond acceptors (Lipinski definition) is 2. The first kappa shape index (κ1) is 12.5. The van der Waals surface area contributed by atoms with Gasteiger partial charge in [0.05, 0.1) is 0 Å². The zero-order chi connectivity index (χ0) is 12.6. The van der Waals surface area contributed by atoms with Crippen molar-refractivity contribution < 1.29 is 8.78 Å². The van der Waals surface area contributed by atoms with Crippen molar-refractivity contribution in [3.8, 4) is 0 Å². The molecule has 0 bridgehead atoms. The quantitative estimate of drug-likeness (QED) is 0.859. The maximum atomic E-state index is 13.5. The van der Waals surface area contributed by atoms with Crippen LogP contribution in [0.5, 0.6) is 0 Å². The molecule has 0 amide bonds. The minimum absolute atomic E-state index is 0.0770. The zero-order valence-electron chi connectivity index (χ0n) is 10.2. The van der Waals surface area contributed by atoms with E-state index >= 15 is 0 Å². The molecule has 2 nitrogen and oxygen atoms in total. The number of rotatable bonds is 2. The normalized spacial score (nSPS) is 25.5. The van der Waals surface area contributed by atoms with Crippen molar-refractivity contribution in [1.29, 1.82) is 0 Å². The molecule has 4 heteroatoms. The van der Waals surface area contributed by atoms with Gasteiger partial charge < -0.3 is 5.73 Å². The Morgan fingerprint density at radius 3 is 2.41 bits per heavy atom. The minimum atomic E-state index is -0.468. The van der Waals surface area contributed by atoms with Crippen LogP contribution in [0.3, 0.4) is 0 Å². The molecule has 94 valence electrons. The number of benzene rings is 1. The van der Waals surface area contributed by atoms with Crippen LogP contribution >= 0.6 is 0 Å². The van der Waals surface area contributed by atoms with Gasteiger partial charge in [0.25, 0.3) is 0 Å². The molecule has 0 spiro atoms. The lowest BCUT2D eigenvalue weighted by molar-refractivity contribution is 0.312. The summed E-state index contributed by atoms with van der Waals surface area (Å²) in [7, 11) is 1.97. The summed E-state index contributed by atoms with van der Waals surface area (Å²) in [6.45, 7) is 2.96. The Kier molecular flexibility index (Phi) is 3.45. The van der Waals surface area contributed by atoms with Crippen molar-refractivity contribution in [2.75, 3.05) is 20.1 Å². The van der Waals surface area contributed by atoms with Gasteiger partial charge in [0.2, 0.25) is 0 Å². The molecule has 1 aliphatic rings. The average Bonchev–Trinajstić information content (AvgIpc) is 2.67. The van der Waals surface area contributed by atoms with E-state index < -0.39 is 11.6 Å². The van der Waals surface area contributed by atoms with Crippen molar-refractivity contribution in [2.24, 2.45) is 11.7 Å². The smallest absolute Gasteiger partial charge is 0.129 e. The molecule has 0 saturated carbocycles. The molecule has 2 N–H and O–H groups in total. The highest BCUT2D eigenvalue weighted by atomic mass is 19.1. The van der Waals surface area contributed by atoms with Crippen LogP contribution in [-0.4, -0.2) is 25.0 Å². The molecule has 1 heterocycles. The maximum Gasteiger partial charge on any atom is 0.129 e. The van der Waals surface area contributed by atoms with E-state index in [2.05, 4.69) is 4.90 Å². The summed E-state index contributed by atoms with van der Waals surface area (Å²) >= 11 is 0. The molecule has 1 aromatic rings. The molecule has 1 aromatic carbocycles. The Labute approximate surface area is 100 Å². The third-order valence-corrected chi connectivity index (χ3v) is 3.66. The van der Waals surface area contributed by atoms with Gasteiger partial charge in [-0.05, 0) is 50.6 Å². The first-order valence-corrected chi connectivity index (χ1v) is 5.88. The summed E-state index contributed by atoms with van der Waals surface area (Å²) in [5.74, 6) is -0.522. The third-order valence-electron chi connectivity index (χ3n) is 3.66. The van der Waals surface area contributed by atoms with E-state index in [1.807, 2.05) is 7.05 Å². The lowest BCUT2D eigenvalue weighted by Crippen LogP contribution is -2.20. The van der Waals surface area contributed by atoms with Gasteiger partial charge in [-0.1, -0.05) is 0 Å². The third kappa shape index (κ3) is 2.33. The fourth-order valence-corrected chi connectivity index (χ4v) is 2.52. The monoisotopic (exact) mass is 240 g/mol. The summed E-state index contributed by atoms with van der Waals surface area (Å²) in [6.07, 6.45) is 0.870. The van der Waals surface area contributed by atoms with Gasteiger partial charge >= 0.3 is 0 Å². The molecule has 0 aliphatic carbocycles. The van der Waals surface area contributed by atoms with Crippen molar-refractivity contribution in [2.45, 2.75) is 19.4 Å². The maximum absolute atomic E-state index is 13.5. The fraction of sp³-hybridized carbons (Fsp3) is 0.538. The van der Waals surface area contributed by atoms with Gasteiger partial charge in [-0.25, -0.2) is 8.78 Å². The first-order chi connectivity index (χ1) is 8.02. The van der Waals surface area contributed by atoms with Crippen LogP contribution in [0.25, 0.3) is 0 Å². The van der Waals surface area contributed by atoms with E-state index in [4.69, 9.17) is 5.73 Å². The van der Waals surface area contributed by atoms with Crippen molar-refractivity contribution in [1.82, 2.24) is 4.90 Å². The Balaban J connectivity index is 2.29. The molecular weight excluding hydrogens is 222 g/mol. The minimum Gasteiger partial charge on any atom is -0.330 e. The van der Waals surface area contributed by atoms with E-state index in [9.17, 15) is 8.78 Å². The Bertz CT molecular complexity index is 397. The molecule has 17 heavy (non-hydrogen) atoms. The molecular formula is C13H18F2N2. The van der Waals surface area contributed by atoms with Gasteiger partial charge in [0, 0.05) is 18.2 Å². The van der Waals surface area contributed by atoms with Gasteiger partial charge in [-0.3, -0.25) is 4.90 Å². The number of hydrogen-bond donors (Lipinski definition) is 1. The molecule has 1 aliphatic heterocycles. The second kappa shape index (κ2) is 4.70. The van der Waals surface area contributed by atoms with Crippen LogP contribution in [0.2, 0.25) is 0 Å². The van der Waals surface area contributed by atoms with Crippen LogP contribution in [0.4, 0.5) is 8.78 Å². The summed E-state index contributed by atoms with van der Waals surface area (Å²) in [6, 6.07) is 2.96. The van der Waals surface area contributed by atoms with Crippen molar-refractivity contribution in [3.05, 3.63) is 34.9 Å². The van der Waals surface area contributed by atoms with E-state index in [0.29, 0.717) is 18.0 Å². The van der Waals surface area contributed by atoms with Crippen molar-refractivity contribution >= 4 is 0 Å². The van der Waals surface area contributed by atoms with E-state index in [0.717, 1.165) is 13.0 Å². The Morgan fingerprint density at radius 1 is 1.35 bits per heavy atom. The summed E-state index contributed by atoms with van der Waals surface area (Å²) in [5.41, 5.74) is 6.45. The highest BCUT2D eigenvalue weighted by Crippen LogP contribution is 2.34. The standard InChI is InChI=1S/C13H18F2N2/c1-8-11(14)4-10(5-12(8)15)13-3-9(6-16)7-17(13)2/h4-5,9,13H,3,6-7,16H2,1-2H3. The molecule has 1 saturated heterocycles. The second-order valence-electron chi connectivity index (χ2n) is 4.90. The lowest BCUT2D eigenvalue weighted by atomic mass is 9.98. The molecule has 0 aromatic heterocycles. The number of likely N-dealkylation sites (tertiary alicyclic amines) is 1. The Morgan fingerprint density at radius 2 is 1.94 bits per heavy atom. The highest BCUT2D eigenvalue weighted by Gasteiger charge is 2.30. The van der Waals surface area contributed by atoms with Gasteiger partial charge in [-0.15, -0.1) is 0 Å². The van der Waals surface area contributed by atoms with Crippen molar-refractivity contribution in [3.63, 3.8) is 0 Å². The molecule has 2 unspecified atom stereocenters. The zero-order valence-corrected chi connectivity index (χ0v) is 10.2. The average molecular weight is 240 g/mol. The summed E-state index contributed by atoms with van der Waals surface area (Å²) < 4.78 is 27.0. The largest absolute Gasteiger partial charge is 0.330 e.